The zero-order chi connectivity index (χ0) is 12.1. The average molecular weight is 376 g/mol. The molecular formula is C14H17IS2. The highest BCUT2D eigenvalue weighted by Gasteiger charge is 2.07. The Morgan fingerprint density at radius 2 is 2.12 bits per heavy atom. The summed E-state index contributed by atoms with van der Waals surface area (Å²) in [6.07, 6.45) is 11.3. The van der Waals surface area contributed by atoms with Gasteiger partial charge >= 0.3 is 0 Å². The Morgan fingerprint density at radius 3 is 2.88 bits per heavy atom. The van der Waals surface area contributed by atoms with E-state index in [9.17, 15) is 0 Å². The predicted octanol–water partition coefficient (Wildman–Crippen LogP) is 6.55. The van der Waals surface area contributed by atoms with E-state index in [1.165, 1.54) is 50.6 Å². The maximum atomic E-state index is 2.47. The van der Waals surface area contributed by atoms with Crippen LogP contribution in [0.25, 0.3) is 16.2 Å². The van der Waals surface area contributed by atoms with Crippen LogP contribution < -0.4 is 0 Å². The normalized spacial score (nSPS) is 11.9. The molecule has 2 aromatic heterocycles. The van der Waals surface area contributed by atoms with Gasteiger partial charge in [-0.15, -0.1) is 11.3 Å². The molecule has 2 heterocycles. The van der Waals surface area contributed by atoms with Crippen LogP contribution >= 0.6 is 45.3 Å². The van der Waals surface area contributed by atoms with Crippen molar-refractivity contribution in [3.63, 3.8) is 0 Å². The van der Waals surface area contributed by atoms with E-state index in [1.54, 1.807) is 11.3 Å². The molecule has 0 aromatic carbocycles. The zero-order valence-corrected chi connectivity index (χ0v) is 13.8. The van der Waals surface area contributed by atoms with Crippen molar-refractivity contribution in [1.82, 2.24) is 0 Å². The number of hydrogen-bond acceptors (Lipinski definition) is 2. The van der Waals surface area contributed by atoms with Gasteiger partial charge in [0.1, 0.15) is 0 Å². The van der Waals surface area contributed by atoms with Gasteiger partial charge in [0.15, 0.2) is 0 Å². The third-order valence-electron chi connectivity index (χ3n) is 2.79. The summed E-state index contributed by atoms with van der Waals surface area (Å²) in [6.45, 7) is 2.26. The molecule has 0 fully saturated rings. The van der Waals surface area contributed by atoms with Crippen LogP contribution in [0.4, 0.5) is 0 Å². The van der Waals surface area contributed by atoms with Crippen LogP contribution in [0.1, 0.15) is 43.9 Å². The van der Waals surface area contributed by atoms with Crippen molar-refractivity contribution in [1.29, 1.82) is 0 Å². The molecule has 0 aliphatic carbocycles. The van der Waals surface area contributed by atoms with E-state index in [-0.39, 0.29) is 0 Å². The standard InChI is InChI=1S/C14H17IS2/c1-2-3-4-5-6-7-8-12-14(15)11-9-16-10-13(11)17-12/h7-10H,2-6H2,1H3/b8-7+. The Kier molecular flexibility index (Phi) is 5.50. The SMILES string of the molecule is CCCCCC/C=C/c1sc2cscc2c1I. The number of rotatable bonds is 6. The molecule has 0 aliphatic rings. The van der Waals surface area contributed by atoms with Crippen molar-refractivity contribution < 1.29 is 0 Å². The van der Waals surface area contributed by atoms with Crippen molar-refractivity contribution in [3.05, 3.63) is 25.3 Å². The molecule has 0 aliphatic heterocycles. The maximum absolute atomic E-state index is 2.47. The largest absolute Gasteiger partial charge is 0.150 e. The quantitative estimate of drug-likeness (QED) is 0.396. The van der Waals surface area contributed by atoms with Crippen LogP contribution in [0.2, 0.25) is 0 Å². The number of fused-ring (bicyclic) bond motifs is 1. The van der Waals surface area contributed by atoms with E-state index in [2.05, 4.69) is 52.4 Å². The average Bonchev–Trinajstić information content (AvgIpc) is 2.88. The molecule has 0 radical (unpaired) electrons. The lowest BCUT2D eigenvalue weighted by atomic mass is 10.1. The fourth-order valence-electron chi connectivity index (χ4n) is 1.81. The van der Waals surface area contributed by atoms with E-state index < -0.39 is 0 Å². The first-order valence-corrected chi connectivity index (χ1v) is 8.97. The van der Waals surface area contributed by atoms with Crippen LogP contribution in [-0.2, 0) is 0 Å². The third-order valence-corrected chi connectivity index (χ3v) is 6.33. The Balaban J connectivity index is 1.91. The number of unbranched alkanes of at least 4 members (excludes halogenated alkanes) is 4. The highest BCUT2D eigenvalue weighted by Crippen LogP contribution is 2.35. The van der Waals surface area contributed by atoms with Crippen LogP contribution in [0.3, 0.4) is 0 Å². The number of halogens is 1. The van der Waals surface area contributed by atoms with Gasteiger partial charge in [-0.05, 0) is 41.5 Å². The minimum atomic E-state index is 1.22. The van der Waals surface area contributed by atoms with Gasteiger partial charge in [-0.1, -0.05) is 32.3 Å². The minimum absolute atomic E-state index is 1.22. The highest BCUT2D eigenvalue weighted by molar-refractivity contribution is 14.1. The van der Waals surface area contributed by atoms with Crippen molar-refractivity contribution in [2.75, 3.05) is 0 Å². The summed E-state index contributed by atoms with van der Waals surface area (Å²) in [5.74, 6) is 0. The monoisotopic (exact) mass is 376 g/mol. The Morgan fingerprint density at radius 1 is 1.24 bits per heavy atom. The lowest BCUT2D eigenvalue weighted by Crippen LogP contribution is -1.74. The topological polar surface area (TPSA) is 0 Å². The number of hydrogen-bond donors (Lipinski definition) is 0. The Bertz CT molecular complexity index is 493. The van der Waals surface area contributed by atoms with Crippen LogP contribution in [0, 0.1) is 3.57 Å². The summed E-state index contributed by atoms with van der Waals surface area (Å²) in [7, 11) is 0. The first-order chi connectivity index (χ1) is 8.33. The fourth-order valence-corrected chi connectivity index (χ4v) is 5.16. The summed E-state index contributed by atoms with van der Waals surface area (Å²) in [6, 6.07) is 0. The molecule has 0 saturated heterocycles. The lowest BCUT2D eigenvalue weighted by Gasteiger charge is -1.94. The van der Waals surface area contributed by atoms with E-state index in [0.717, 1.165) is 0 Å². The van der Waals surface area contributed by atoms with E-state index in [1.807, 2.05) is 11.3 Å². The molecule has 2 aromatic rings. The summed E-state index contributed by atoms with van der Waals surface area (Å²) < 4.78 is 2.86. The second-order valence-corrected chi connectivity index (χ2v) is 7.09. The first kappa shape index (κ1) is 13.6. The van der Waals surface area contributed by atoms with Crippen LogP contribution in [0.5, 0.6) is 0 Å². The van der Waals surface area contributed by atoms with Crippen molar-refractivity contribution in [2.24, 2.45) is 0 Å². The molecule has 0 spiro atoms. The molecule has 0 nitrogen and oxygen atoms in total. The summed E-state index contributed by atoms with van der Waals surface area (Å²) in [5.41, 5.74) is 0. The van der Waals surface area contributed by atoms with Crippen molar-refractivity contribution >= 4 is 61.4 Å². The van der Waals surface area contributed by atoms with Crippen molar-refractivity contribution in [3.8, 4) is 0 Å². The number of allylic oxidation sites excluding steroid dienone is 1. The van der Waals surface area contributed by atoms with E-state index >= 15 is 0 Å². The smallest absolute Gasteiger partial charge is 0.0467 e. The molecular weight excluding hydrogens is 359 g/mol. The van der Waals surface area contributed by atoms with Gasteiger partial charge in [-0.3, -0.25) is 0 Å². The maximum Gasteiger partial charge on any atom is 0.0467 e. The molecule has 0 unspecified atom stereocenters. The fraction of sp³-hybridized carbons (Fsp3) is 0.429. The van der Waals surface area contributed by atoms with E-state index in [4.69, 9.17) is 0 Å². The van der Waals surface area contributed by atoms with Gasteiger partial charge in [0.05, 0.1) is 0 Å². The molecule has 2 rings (SSSR count). The van der Waals surface area contributed by atoms with Gasteiger partial charge in [0.25, 0.3) is 0 Å². The van der Waals surface area contributed by atoms with Gasteiger partial charge < -0.3 is 0 Å². The molecule has 92 valence electrons. The van der Waals surface area contributed by atoms with Gasteiger partial charge in [0.2, 0.25) is 0 Å². The van der Waals surface area contributed by atoms with Gasteiger partial charge in [-0.25, -0.2) is 0 Å². The second-order valence-electron chi connectivity index (χ2n) is 4.18. The van der Waals surface area contributed by atoms with Crippen molar-refractivity contribution in [2.45, 2.75) is 39.0 Å². The molecule has 0 amide bonds. The predicted molar refractivity (Wildman–Crippen MR) is 90.2 cm³/mol. The van der Waals surface area contributed by atoms with Crippen LogP contribution in [-0.4, -0.2) is 0 Å². The lowest BCUT2D eigenvalue weighted by molar-refractivity contribution is 0.675. The summed E-state index contributed by atoms with van der Waals surface area (Å²) >= 11 is 6.19. The first-order valence-electron chi connectivity index (χ1n) is 6.13. The summed E-state index contributed by atoms with van der Waals surface area (Å²) in [4.78, 5) is 1.43. The highest BCUT2D eigenvalue weighted by atomic mass is 127. The molecule has 3 heteroatoms. The molecule has 0 bridgehead atoms. The van der Waals surface area contributed by atoms with Gasteiger partial charge in [0, 0.05) is 29.3 Å². The minimum Gasteiger partial charge on any atom is -0.150 e. The third kappa shape index (κ3) is 3.55. The Labute approximate surface area is 125 Å². The van der Waals surface area contributed by atoms with Crippen LogP contribution in [0.15, 0.2) is 16.8 Å². The Hall–Kier alpha value is 0.130. The summed E-state index contributed by atoms with van der Waals surface area (Å²) in [5, 5.41) is 5.94. The number of thiophene rings is 2. The van der Waals surface area contributed by atoms with Gasteiger partial charge in [-0.2, -0.15) is 11.3 Å². The molecule has 0 atom stereocenters. The van der Waals surface area contributed by atoms with E-state index in [0.29, 0.717) is 0 Å². The molecule has 0 saturated carbocycles. The second kappa shape index (κ2) is 6.90. The molecule has 0 N–H and O–H groups in total. The zero-order valence-electron chi connectivity index (χ0n) is 10.0. The molecule has 17 heavy (non-hydrogen) atoms.